The summed E-state index contributed by atoms with van der Waals surface area (Å²) in [6, 6.07) is 0. The molecule has 0 aromatic heterocycles. The normalized spacial score (nSPS) is 17.5. The van der Waals surface area contributed by atoms with Gasteiger partial charge in [0.15, 0.2) is 6.29 Å². The van der Waals surface area contributed by atoms with Crippen LogP contribution < -0.4 is 0 Å². The van der Waals surface area contributed by atoms with Crippen molar-refractivity contribution in [3.63, 3.8) is 0 Å². The van der Waals surface area contributed by atoms with E-state index in [1.807, 2.05) is 6.92 Å². The highest BCUT2D eigenvalue weighted by molar-refractivity contribution is 4.93. The molecule has 14 heavy (non-hydrogen) atoms. The van der Waals surface area contributed by atoms with Gasteiger partial charge in [0.1, 0.15) is 0 Å². The summed E-state index contributed by atoms with van der Waals surface area (Å²) in [6.07, 6.45) is 2.18. The molecule has 2 heteroatoms. The Morgan fingerprint density at radius 1 is 1.07 bits per heavy atom. The van der Waals surface area contributed by atoms with E-state index in [4.69, 9.17) is 9.47 Å². The summed E-state index contributed by atoms with van der Waals surface area (Å²) in [4.78, 5) is 0. The van der Waals surface area contributed by atoms with Gasteiger partial charge < -0.3 is 9.47 Å². The van der Waals surface area contributed by atoms with Crippen molar-refractivity contribution >= 4 is 0 Å². The summed E-state index contributed by atoms with van der Waals surface area (Å²) in [6.45, 7) is 14.1. The van der Waals surface area contributed by atoms with Crippen molar-refractivity contribution in [2.24, 2.45) is 0 Å². The molecule has 0 fully saturated rings. The van der Waals surface area contributed by atoms with Crippen molar-refractivity contribution in [3.05, 3.63) is 12.2 Å². The third-order valence-corrected chi connectivity index (χ3v) is 2.26. The van der Waals surface area contributed by atoms with Crippen LogP contribution in [0, 0.1) is 0 Å². The first-order valence-corrected chi connectivity index (χ1v) is 5.47. The second-order valence-electron chi connectivity index (χ2n) is 3.89. The van der Waals surface area contributed by atoms with Crippen LogP contribution in [0.1, 0.15) is 47.5 Å². The van der Waals surface area contributed by atoms with Gasteiger partial charge in [-0.05, 0) is 39.2 Å². The Hall–Kier alpha value is -0.340. The zero-order valence-corrected chi connectivity index (χ0v) is 10.2. The summed E-state index contributed by atoms with van der Waals surface area (Å²) in [7, 11) is 0. The van der Waals surface area contributed by atoms with Gasteiger partial charge in [-0.1, -0.05) is 20.4 Å². The minimum Gasteiger partial charge on any atom is -0.346 e. The molecule has 0 amide bonds. The molecule has 0 rings (SSSR count). The molecule has 2 atom stereocenters. The van der Waals surface area contributed by atoms with Crippen LogP contribution in [0.25, 0.3) is 0 Å². The van der Waals surface area contributed by atoms with Crippen molar-refractivity contribution in [1.82, 2.24) is 0 Å². The first-order valence-electron chi connectivity index (χ1n) is 5.47. The Labute approximate surface area is 88.3 Å². The molecular formula is C12H24O2. The molecule has 0 aliphatic heterocycles. The van der Waals surface area contributed by atoms with Crippen LogP contribution in [0.5, 0.6) is 0 Å². The Bertz CT molecular complexity index is 154. The number of hydrogen-bond donors (Lipinski definition) is 0. The van der Waals surface area contributed by atoms with Crippen molar-refractivity contribution in [3.8, 4) is 0 Å². The highest BCUT2D eigenvalue weighted by Crippen LogP contribution is 2.14. The average Bonchev–Trinajstić information content (AvgIpc) is 2.16. The van der Waals surface area contributed by atoms with E-state index in [1.54, 1.807) is 0 Å². The standard InChI is InChI=1S/C12H24O2/c1-7-10(5)13-12(9(3)4)14-11(6)8-2/h10-12H,3,7-8H2,1-2,4-6H3. The highest BCUT2D eigenvalue weighted by atomic mass is 16.7. The molecule has 0 heterocycles. The van der Waals surface area contributed by atoms with E-state index >= 15 is 0 Å². The number of rotatable bonds is 7. The monoisotopic (exact) mass is 200 g/mol. The van der Waals surface area contributed by atoms with Gasteiger partial charge in [-0.25, -0.2) is 0 Å². The zero-order chi connectivity index (χ0) is 11.1. The topological polar surface area (TPSA) is 18.5 Å². The van der Waals surface area contributed by atoms with Crippen molar-refractivity contribution in [2.45, 2.75) is 66.0 Å². The first kappa shape index (κ1) is 13.7. The molecule has 0 saturated heterocycles. The lowest BCUT2D eigenvalue weighted by molar-refractivity contribution is -0.167. The van der Waals surface area contributed by atoms with E-state index in [1.165, 1.54) is 0 Å². The maximum atomic E-state index is 5.71. The predicted molar refractivity (Wildman–Crippen MR) is 60.3 cm³/mol. The summed E-state index contributed by atoms with van der Waals surface area (Å²) < 4.78 is 11.4. The van der Waals surface area contributed by atoms with Crippen LogP contribution >= 0.6 is 0 Å². The fourth-order valence-corrected chi connectivity index (χ4v) is 0.879. The predicted octanol–water partition coefficient (Wildman–Crippen LogP) is 3.52. The SMILES string of the molecule is C=C(C)C(OC(C)CC)OC(C)CC. The van der Waals surface area contributed by atoms with E-state index in [2.05, 4.69) is 34.3 Å². The molecule has 0 aromatic carbocycles. The summed E-state index contributed by atoms with van der Waals surface area (Å²) in [5.41, 5.74) is 0.936. The van der Waals surface area contributed by atoms with Gasteiger partial charge in [0.05, 0.1) is 12.2 Å². The maximum absolute atomic E-state index is 5.71. The molecule has 0 aromatic rings. The van der Waals surface area contributed by atoms with Gasteiger partial charge in [-0.15, -0.1) is 0 Å². The van der Waals surface area contributed by atoms with E-state index in [0.29, 0.717) is 0 Å². The summed E-state index contributed by atoms with van der Waals surface area (Å²) in [5.74, 6) is 0. The van der Waals surface area contributed by atoms with Gasteiger partial charge in [-0.2, -0.15) is 0 Å². The highest BCUT2D eigenvalue weighted by Gasteiger charge is 2.15. The molecule has 0 aliphatic rings. The molecule has 2 unspecified atom stereocenters. The summed E-state index contributed by atoms with van der Waals surface area (Å²) >= 11 is 0. The van der Waals surface area contributed by atoms with E-state index in [9.17, 15) is 0 Å². The molecule has 0 radical (unpaired) electrons. The van der Waals surface area contributed by atoms with E-state index < -0.39 is 0 Å². The Kier molecular flexibility index (Phi) is 6.85. The molecule has 84 valence electrons. The molecular weight excluding hydrogens is 176 g/mol. The van der Waals surface area contributed by atoms with Gasteiger partial charge >= 0.3 is 0 Å². The van der Waals surface area contributed by atoms with Gasteiger partial charge in [0, 0.05) is 0 Å². The molecule has 0 N–H and O–H groups in total. The van der Waals surface area contributed by atoms with Gasteiger partial charge in [0.25, 0.3) is 0 Å². The quantitative estimate of drug-likeness (QED) is 0.462. The van der Waals surface area contributed by atoms with Crippen molar-refractivity contribution in [2.75, 3.05) is 0 Å². The minimum absolute atomic E-state index is 0.223. The van der Waals surface area contributed by atoms with E-state index in [-0.39, 0.29) is 18.5 Å². The zero-order valence-electron chi connectivity index (χ0n) is 10.2. The van der Waals surface area contributed by atoms with Crippen LogP contribution in [-0.4, -0.2) is 18.5 Å². The minimum atomic E-state index is -0.250. The third kappa shape index (κ3) is 5.40. The second-order valence-corrected chi connectivity index (χ2v) is 3.89. The Morgan fingerprint density at radius 3 is 1.64 bits per heavy atom. The second kappa shape index (κ2) is 7.02. The lowest BCUT2D eigenvalue weighted by Crippen LogP contribution is -2.27. The van der Waals surface area contributed by atoms with Crippen molar-refractivity contribution < 1.29 is 9.47 Å². The molecule has 0 spiro atoms. The van der Waals surface area contributed by atoms with Crippen LogP contribution in [-0.2, 0) is 9.47 Å². The average molecular weight is 200 g/mol. The number of hydrogen-bond acceptors (Lipinski definition) is 2. The Morgan fingerprint density at radius 2 is 1.43 bits per heavy atom. The van der Waals surface area contributed by atoms with Gasteiger partial charge in [0.2, 0.25) is 0 Å². The number of ether oxygens (including phenoxy) is 2. The van der Waals surface area contributed by atoms with Crippen molar-refractivity contribution in [1.29, 1.82) is 0 Å². The lowest BCUT2D eigenvalue weighted by atomic mass is 10.2. The van der Waals surface area contributed by atoms with Crippen LogP contribution in [0.2, 0.25) is 0 Å². The molecule has 0 aliphatic carbocycles. The van der Waals surface area contributed by atoms with Crippen LogP contribution in [0.15, 0.2) is 12.2 Å². The molecule has 2 nitrogen and oxygen atoms in total. The molecule has 0 bridgehead atoms. The largest absolute Gasteiger partial charge is 0.346 e. The van der Waals surface area contributed by atoms with Crippen LogP contribution in [0.4, 0.5) is 0 Å². The lowest BCUT2D eigenvalue weighted by Gasteiger charge is -2.25. The van der Waals surface area contributed by atoms with E-state index in [0.717, 1.165) is 18.4 Å². The van der Waals surface area contributed by atoms with Crippen LogP contribution in [0.3, 0.4) is 0 Å². The fraction of sp³-hybridized carbons (Fsp3) is 0.833. The molecule has 0 saturated carbocycles. The van der Waals surface area contributed by atoms with Gasteiger partial charge in [-0.3, -0.25) is 0 Å². The first-order chi connectivity index (χ1) is 6.51. The third-order valence-electron chi connectivity index (χ3n) is 2.26. The summed E-state index contributed by atoms with van der Waals surface area (Å²) in [5, 5.41) is 0. The maximum Gasteiger partial charge on any atom is 0.179 e. The smallest absolute Gasteiger partial charge is 0.179 e. The Balaban J connectivity index is 4.09. The fourth-order valence-electron chi connectivity index (χ4n) is 0.879.